The van der Waals surface area contributed by atoms with E-state index in [-0.39, 0.29) is 0 Å². The van der Waals surface area contributed by atoms with Gasteiger partial charge in [0.05, 0.1) is 24.6 Å². The molecule has 1 fully saturated rings. The van der Waals surface area contributed by atoms with Crippen LogP contribution in [0.5, 0.6) is 0 Å². The number of allylic oxidation sites excluding steroid dienone is 2. The summed E-state index contributed by atoms with van der Waals surface area (Å²) in [6.07, 6.45) is 10.6. The van der Waals surface area contributed by atoms with E-state index in [1.807, 2.05) is 13.1 Å². The zero-order valence-electron chi connectivity index (χ0n) is 24.2. The zero-order chi connectivity index (χ0) is 28.0. The van der Waals surface area contributed by atoms with Crippen molar-refractivity contribution < 1.29 is 4.48 Å². The van der Waals surface area contributed by atoms with Gasteiger partial charge in [0.25, 0.3) is 0 Å². The summed E-state index contributed by atoms with van der Waals surface area (Å²) in [6, 6.07) is 31.9. The number of hydrogen-bond acceptors (Lipinski definition) is 1. The number of likely N-dealkylation sites (tertiary alicyclic amines) is 1. The Balaban J connectivity index is 0.00000103. The Morgan fingerprint density at radius 2 is 1.52 bits per heavy atom. The first-order valence-electron chi connectivity index (χ1n) is 14.9. The molecule has 2 nitrogen and oxygen atoms in total. The summed E-state index contributed by atoms with van der Waals surface area (Å²) >= 11 is 0. The normalized spacial score (nSPS) is 19.3. The Morgan fingerprint density at radius 1 is 0.900 bits per heavy atom. The van der Waals surface area contributed by atoms with Crippen LogP contribution in [0.1, 0.15) is 56.6 Å². The molecule has 40 heavy (non-hydrogen) atoms. The Hall–Kier alpha value is -3.75. The summed E-state index contributed by atoms with van der Waals surface area (Å²) in [5.41, 5.74) is 4.10. The van der Waals surface area contributed by atoms with Crippen LogP contribution >= 0.6 is 0 Å². The maximum Gasteiger partial charge on any atom is 0.106 e. The van der Waals surface area contributed by atoms with Crippen molar-refractivity contribution in [2.75, 3.05) is 13.1 Å². The van der Waals surface area contributed by atoms with E-state index in [0.717, 1.165) is 35.9 Å². The number of benzene rings is 4. The van der Waals surface area contributed by atoms with Gasteiger partial charge in [-0.1, -0.05) is 78.9 Å². The predicted octanol–water partition coefficient (Wildman–Crippen LogP) is 9.98. The van der Waals surface area contributed by atoms with Gasteiger partial charge in [-0.15, -0.1) is 13.2 Å². The topological polar surface area (TPSA) is 12.9 Å². The minimum Gasteiger partial charge on any atom is -0.317 e. The monoisotopic (exact) mass is 527 g/mol. The lowest BCUT2D eigenvalue weighted by Crippen LogP contribution is -2.53. The highest BCUT2D eigenvalue weighted by molar-refractivity contribution is 6.02. The van der Waals surface area contributed by atoms with E-state index in [2.05, 4.69) is 111 Å². The molecule has 1 aliphatic heterocycles. The average Bonchev–Trinajstić information content (AvgIpc) is 3.41. The van der Waals surface area contributed by atoms with Crippen LogP contribution < -0.4 is 0 Å². The highest BCUT2D eigenvalue weighted by atomic mass is 15.4. The van der Waals surface area contributed by atoms with Crippen LogP contribution in [0, 0.1) is 0 Å². The van der Waals surface area contributed by atoms with Crippen molar-refractivity contribution >= 4 is 32.4 Å². The van der Waals surface area contributed by atoms with Crippen LogP contribution in [0.25, 0.3) is 32.4 Å². The van der Waals surface area contributed by atoms with Crippen molar-refractivity contribution in [3.63, 3.8) is 0 Å². The number of hydrogen-bond donors (Lipinski definition) is 0. The minimum absolute atomic E-state index is 0.481. The molecule has 0 saturated carbocycles. The number of fused-ring (bicyclic) bond motifs is 3. The van der Waals surface area contributed by atoms with Crippen LogP contribution in [-0.2, 0) is 6.54 Å². The molecule has 3 unspecified atom stereocenters. The molecule has 0 bridgehead atoms. The van der Waals surface area contributed by atoms with Crippen molar-refractivity contribution in [2.45, 2.75) is 58.0 Å². The first-order valence-corrected chi connectivity index (χ1v) is 14.9. The molecule has 2 heterocycles. The zero-order valence-corrected chi connectivity index (χ0v) is 24.2. The third kappa shape index (κ3) is 5.33. The standard InChI is InChI=1S/C35H37N2.C3H6/c1-3-5-15-32(30-21-22-36-34-19-11-10-18-31(30)34)35-20-12-23-37(35,4-2)25-33-28-16-8-6-13-26(28)24-27-14-7-9-17-29(27)33;1-3-2/h3,6-11,13-14,16-19,21-22,24,32,35H,1,4-5,12,15,20,23,25H2,2H3;3H,1H2,2H3/q+1;. The fourth-order valence-electron chi connectivity index (χ4n) is 7.23. The van der Waals surface area contributed by atoms with Crippen molar-refractivity contribution in [2.24, 2.45) is 0 Å². The molecule has 1 saturated heterocycles. The van der Waals surface area contributed by atoms with Crippen molar-refractivity contribution in [1.29, 1.82) is 0 Å². The number of likely N-dealkylation sites (N-methyl/N-ethyl adjacent to an activating group) is 1. The molecule has 0 radical (unpaired) electrons. The molecule has 0 N–H and O–H groups in total. The molecule has 1 aromatic heterocycles. The third-order valence-corrected chi connectivity index (χ3v) is 9.02. The van der Waals surface area contributed by atoms with Crippen LogP contribution in [0.15, 0.2) is 116 Å². The van der Waals surface area contributed by atoms with Gasteiger partial charge in [-0.3, -0.25) is 4.98 Å². The molecule has 204 valence electrons. The lowest BCUT2D eigenvalue weighted by atomic mass is 9.83. The summed E-state index contributed by atoms with van der Waals surface area (Å²) in [6.45, 7) is 15.2. The maximum atomic E-state index is 4.70. The molecule has 2 heteroatoms. The largest absolute Gasteiger partial charge is 0.317 e. The molecular formula is C38H43N2+. The molecule has 0 aliphatic carbocycles. The number of rotatable bonds is 8. The number of aromatic nitrogens is 1. The Kier molecular flexibility index (Phi) is 8.77. The van der Waals surface area contributed by atoms with E-state index in [1.165, 1.54) is 57.4 Å². The smallest absolute Gasteiger partial charge is 0.106 e. The molecule has 3 atom stereocenters. The number of nitrogens with zero attached hydrogens (tertiary/aromatic N) is 2. The SMILES string of the molecule is C=CC.C=CCCC(c1ccnc2ccccc12)C1CCC[N+]1(CC)Cc1c2ccccc2cc2ccccc12. The third-order valence-electron chi connectivity index (χ3n) is 9.02. The van der Waals surface area contributed by atoms with Crippen molar-refractivity contribution in [3.8, 4) is 0 Å². The first-order chi connectivity index (χ1) is 19.7. The molecule has 6 rings (SSSR count). The summed E-state index contributed by atoms with van der Waals surface area (Å²) in [4.78, 5) is 4.70. The van der Waals surface area contributed by atoms with E-state index < -0.39 is 0 Å². The number of quaternary nitrogens is 1. The summed E-state index contributed by atoms with van der Waals surface area (Å²) in [5, 5.41) is 6.84. The predicted molar refractivity (Wildman–Crippen MR) is 174 cm³/mol. The van der Waals surface area contributed by atoms with Crippen LogP contribution in [0.2, 0.25) is 0 Å². The average molecular weight is 528 g/mol. The van der Waals surface area contributed by atoms with Gasteiger partial charge >= 0.3 is 0 Å². The van der Waals surface area contributed by atoms with Gasteiger partial charge in [-0.05, 0) is 72.0 Å². The molecule has 4 aromatic carbocycles. The fraction of sp³-hybridized carbons (Fsp3) is 0.289. The van der Waals surface area contributed by atoms with Crippen molar-refractivity contribution in [3.05, 3.63) is 128 Å². The highest BCUT2D eigenvalue weighted by Crippen LogP contribution is 2.44. The number of pyridine rings is 1. The van der Waals surface area contributed by atoms with E-state index in [4.69, 9.17) is 4.98 Å². The van der Waals surface area contributed by atoms with Gasteiger partial charge in [0.1, 0.15) is 6.54 Å². The lowest BCUT2D eigenvalue weighted by Gasteiger charge is -2.44. The van der Waals surface area contributed by atoms with Gasteiger partial charge in [0.2, 0.25) is 0 Å². The van der Waals surface area contributed by atoms with E-state index in [0.29, 0.717) is 12.0 Å². The summed E-state index contributed by atoms with van der Waals surface area (Å²) < 4.78 is 1.15. The molecule has 5 aromatic rings. The Labute approximate surface area is 240 Å². The Bertz CT molecular complexity index is 1560. The molecular weight excluding hydrogens is 484 g/mol. The molecule has 1 aliphatic rings. The second kappa shape index (κ2) is 12.6. The van der Waals surface area contributed by atoms with Gasteiger partial charge < -0.3 is 4.48 Å². The van der Waals surface area contributed by atoms with E-state index >= 15 is 0 Å². The van der Waals surface area contributed by atoms with Gasteiger partial charge in [-0.25, -0.2) is 0 Å². The minimum atomic E-state index is 0.481. The molecule has 0 spiro atoms. The van der Waals surface area contributed by atoms with Gasteiger partial charge in [-0.2, -0.15) is 0 Å². The fourth-order valence-corrected chi connectivity index (χ4v) is 7.23. The molecule has 0 amide bonds. The lowest BCUT2D eigenvalue weighted by molar-refractivity contribution is -0.951. The highest BCUT2D eigenvalue weighted by Gasteiger charge is 2.45. The van der Waals surface area contributed by atoms with Crippen LogP contribution in [0.3, 0.4) is 0 Å². The Morgan fingerprint density at radius 3 is 2.17 bits per heavy atom. The van der Waals surface area contributed by atoms with Crippen LogP contribution in [-0.4, -0.2) is 28.6 Å². The number of para-hydroxylation sites is 1. The second-order valence-corrected chi connectivity index (χ2v) is 11.2. The van der Waals surface area contributed by atoms with E-state index in [1.54, 1.807) is 6.08 Å². The van der Waals surface area contributed by atoms with Gasteiger partial charge in [0.15, 0.2) is 0 Å². The quantitative estimate of drug-likeness (QED) is 0.111. The van der Waals surface area contributed by atoms with Crippen molar-refractivity contribution in [1.82, 2.24) is 4.98 Å². The first kappa shape index (κ1) is 27.8. The second-order valence-electron chi connectivity index (χ2n) is 11.2. The summed E-state index contributed by atoms with van der Waals surface area (Å²) in [5.74, 6) is 0.481. The summed E-state index contributed by atoms with van der Waals surface area (Å²) in [7, 11) is 0. The van der Waals surface area contributed by atoms with E-state index in [9.17, 15) is 0 Å². The van der Waals surface area contributed by atoms with Crippen LogP contribution in [0.4, 0.5) is 0 Å². The van der Waals surface area contributed by atoms with Gasteiger partial charge in [0, 0.05) is 35.9 Å². The maximum absolute atomic E-state index is 4.70.